The Morgan fingerprint density at radius 2 is 1.75 bits per heavy atom. The molecule has 0 bridgehead atoms. The molecule has 4 heteroatoms. The van der Waals surface area contributed by atoms with Gasteiger partial charge in [-0.2, -0.15) is 0 Å². The van der Waals surface area contributed by atoms with Crippen LogP contribution in [0.4, 0.5) is 0 Å². The number of ether oxygens (including phenoxy) is 1. The molecule has 2 aromatic rings. The highest BCUT2D eigenvalue weighted by molar-refractivity contribution is 5.75. The van der Waals surface area contributed by atoms with Crippen LogP contribution in [0.25, 0.3) is 11.1 Å². The molecule has 0 aliphatic heterocycles. The molecule has 1 N–H and O–H groups in total. The molecule has 0 aliphatic rings. The third kappa shape index (κ3) is 4.06. The summed E-state index contributed by atoms with van der Waals surface area (Å²) in [7, 11) is 0. The summed E-state index contributed by atoms with van der Waals surface area (Å²) in [6.45, 7) is 9.23. The number of benzene rings is 1. The van der Waals surface area contributed by atoms with Crippen molar-refractivity contribution < 1.29 is 19.1 Å². The average Bonchev–Trinajstić information content (AvgIpc) is 3.01. The Bertz CT molecular complexity index is 677. The summed E-state index contributed by atoms with van der Waals surface area (Å²) in [6, 6.07) is 11.6. The molecule has 0 radical (unpaired) electrons. The number of aliphatic hydroxyl groups excluding tert-OH is 1. The van der Waals surface area contributed by atoms with Gasteiger partial charge in [0.15, 0.2) is 0 Å². The topological polar surface area (TPSA) is 59.7 Å². The number of hydrogen-bond acceptors (Lipinski definition) is 4. The maximum absolute atomic E-state index is 12.0. The van der Waals surface area contributed by atoms with Crippen LogP contribution in [0.3, 0.4) is 0 Å². The fourth-order valence-electron chi connectivity index (χ4n) is 2.29. The number of carbonyl (C=O) groups is 1. The Morgan fingerprint density at radius 3 is 2.33 bits per heavy atom. The van der Waals surface area contributed by atoms with Crippen molar-refractivity contribution in [3.05, 3.63) is 48.4 Å². The second-order valence-corrected chi connectivity index (χ2v) is 7.78. The molecule has 0 spiro atoms. The lowest BCUT2D eigenvalue weighted by atomic mass is 9.84. The SMILES string of the molecule is CC(C)(C)C(=O)OCC(C)(C)[C@@H](O)c1occc1-c1ccccc1. The van der Waals surface area contributed by atoms with E-state index >= 15 is 0 Å². The van der Waals surface area contributed by atoms with Crippen molar-refractivity contribution in [2.45, 2.75) is 40.7 Å². The van der Waals surface area contributed by atoms with Gasteiger partial charge in [0.2, 0.25) is 0 Å². The Kier molecular flexibility index (Phi) is 5.19. The van der Waals surface area contributed by atoms with E-state index in [0.717, 1.165) is 11.1 Å². The van der Waals surface area contributed by atoms with Crippen molar-refractivity contribution in [1.82, 2.24) is 0 Å². The van der Waals surface area contributed by atoms with Gasteiger partial charge < -0.3 is 14.3 Å². The molecule has 1 heterocycles. The Labute approximate surface area is 143 Å². The molecular formula is C20H26O4. The van der Waals surface area contributed by atoms with Gasteiger partial charge in [-0.3, -0.25) is 4.79 Å². The number of aliphatic hydroxyl groups is 1. The normalized spacial score (nSPS) is 13.6. The average molecular weight is 330 g/mol. The van der Waals surface area contributed by atoms with E-state index in [1.807, 2.05) is 50.2 Å². The molecule has 24 heavy (non-hydrogen) atoms. The maximum atomic E-state index is 12.0. The highest BCUT2D eigenvalue weighted by atomic mass is 16.5. The van der Waals surface area contributed by atoms with E-state index in [2.05, 4.69) is 0 Å². The van der Waals surface area contributed by atoms with E-state index in [1.54, 1.807) is 27.0 Å². The van der Waals surface area contributed by atoms with Crippen LogP contribution in [0, 0.1) is 10.8 Å². The minimum Gasteiger partial charge on any atom is -0.466 e. The monoisotopic (exact) mass is 330 g/mol. The number of rotatable bonds is 5. The molecule has 4 nitrogen and oxygen atoms in total. The zero-order chi connectivity index (χ0) is 18.0. The predicted molar refractivity (Wildman–Crippen MR) is 93.3 cm³/mol. The first-order chi connectivity index (χ1) is 11.1. The predicted octanol–water partition coefficient (Wildman–Crippen LogP) is 4.60. The van der Waals surface area contributed by atoms with E-state index in [4.69, 9.17) is 9.15 Å². The first kappa shape index (κ1) is 18.3. The third-order valence-electron chi connectivity index (χ3n) is 3.96. The largest absolute Gasteiger partial charge is 0.466 e. The van der Waals surface area contributed by atoms with Gasteiger partial charge in [0, 0.05) is 11.0 Å². The smallest absolute Gasteiger partial charge is 0.311 e. The molecule has 1 atom stereocenters. The Balaban J connectivity index is 2.18. The summed E-state index contributed by atoms with van der Waals surface area (Å²) in [5.41, 5.74) is 0.574. The van der Waals surface area contributed by atoms with Gasteiger partial charge in [-0.15, -0.1) is 0 Å². The van der Waals surface area contributed by atoms with Crippen LogP contribution in [0.2, 0.25) is 0 Å². The molecule has 0 fully saturated rings. The van der Waals surface area contributed by atoms with Crippen molar-refractivity contribution in [1.29, 1.82) is 0 Å². The van der Waals surface area contributed by atoms with Crippen molar-refractivity contribution in [2.75, 3.05) is 6.61 Å². The second kappa shape index (κ2) is 6.81. The molecule has 0 saturated carbocycles. The van der Waals surface area contributed by atoms with Crippen LogP contribution in [0.5, 0.6) is 0 Å². The quantitative estimate of drug-likeness (QED) is 0.814. The summed E-state index contributed by atoms with van der Waals surface area (Å²) in [5.74, 6) is 0.198. The molecular weight excluding hydrogens is 304 g/mol. The van der Waals surface area contributed by atoms with Crippen LogP contribution < -0.4 is 0 Å². The zero-order valence-electron chi connectivity index (χ0n) is 15.0. The van der Waals surface area contributed by atoms with Crippen molar-refractivity contribution >= 4 is 5.97 Å². The van der Waals surface area contributed by atoms with Crippen LogP contribution in [0.15, 0.2) is 47.1 Å². The number of esters is 1. The molecule has 0 amide bonds. The molecule has 0 unspecified atom stereocenters. The molecule has 0 saturated heterocycles. The highest BCUT2D eigenvalue weighted by Gasteiger charge is 2.36. The summed E-state index contributed by atoms with van der Waals surface area (Å²) >= 11 is 0. The van der Waals surface area contributed by atoms with Gasteiger partial charge in [0.05, 0.1) is 18.3 Å². The molecule has 1 aromatic carbocycles. The fourth-order valence-corrected chi connectivity index (χ4v) is 2.29. The highest BCUT2D eigenvalue weighted by Crippen LogP contribution is 2.39. The molecule has 130 valence electrons. The van der Waals surface area contributed by atoms with E-state index in [-0.39, 0.29) is 12.6 Å². The Morgan fingerprint density at radius 1 is 1.12 bits per heavy atom. The lowest BCUT2D eigenvalue weighted by molar-refractivity contribution is -0.159. The van der Waals surface area contributed by atoms with Crippen molar-refractivity contribution in [2.24, 2.45) is 10.8 Å². The first-order valence-electron chi connectivity index (χ1n) is 8.11. The van der Waals surface area contributed by atoms with Crippen molar-refractivity contribution in [3.8, 4) is 11.1 Å². The van der Waals surface area contributed by atoms with Gasteiger partial charge in [0.25, 0.3) is 0 Å². The standard InChI is InChI=1S/C20H26O4/c1-19(2,3)18(22)24-13-20(4,5)17(21)16-15(11-12-23-16)14-9-7-6-8-10-14/h6-12,17,21H,13H2,1-5H3/t17-/m0/s1. The molecule has 1 aromatic heterocycles. The Hall–Kier alpha value is -2.07. The van der Waals surface area contributed by atoms with Gasteiger partial charge in [-0.25, -0.2) is 0 Å². The lowest BCUT2D eigenvalue weighted by Crippen LogP contribution is -2.32. The zero-order valence-corrected chi connectivity index (χ0v) is 15.0. The number of hydrogen-bond donors (Lipinski definition) is 1. The van der Waals surface area contributed by atoms with Crippen LogP contribution >= 0.6 is 0 Å². The van der Waals surface area contributed by atoms with Gasteiger partial charge in [-0.1, -0.05) is 44.2 Å². The minimum atomic E-state index is -0.893. The van der Waals surface area contributed by atoms with Gasteiger partial charge >= 0.3 is 5.97 Å². The summed E-state index contributed by atoms with van der Waals surface area (Å²) < 4.78 is 10.9. The third-order valence-corrected chi connectivity index (χ3v) is 3.96. The van der Waals surface area contributed by atoms with Crippen LogP contribution in [-0.2, 0) is 9.53 Å². The van der Waals surface area contributed by atoms with Crippen LogP contribution in [-0.4, -0.2) is 17.7 Å². The van der Waals surface area contributed by atoms with E-state index in [1.165, 1.54) is 0 Å². The number of carbonyl (C=O) groups excluding carboxylic acids is 1. The van der Waals surface area contributed by atoms with E-state index < -0.39 is 16.9 Å². The van der Waals surface area contributed by atoms with Crippen molar-refractivity contribution in [3.63, 3.8) is 0 Å². The minimum absolute atomic E-state index is 0.110. The van der Waals surface area contributed by atoms with E-state index in [9.17, 15) is 9.90 Å². The summed E-state index contributed by atoms with van der Waals surface area (Å²) in [4.78, 5) is 12.0. The van der Waals surface area contributed by atoms with Gasteiger partial charge in [0.1, 0.15) is 11.9 Å². The number of furan rings is 1. The fraction of sp³-hybridized carbons (Fsp3) is 0.450. The maximum Gasteiger partial charge on any atom is 0.311 e. The second-order valence-electron chi connectivity index (χ2n) is 7.78. The molecule has 0 aliphatic carbocycles. The van der Waals surface area contributed by atoms with Crippen LogP contribution in [0.1, 0.15) is 46.5 Å². The summed E-state index contributed by atoms with van der Waals surface area (Å²) in [6.07, 6.45) is 0.675. The van der Waals surface area contributed by atoms with E-state index in [0.29, 0.717) is 5.76 Å². The molecule has 2 rings (SSSR count). The first-order valence-corrected chi connectivity index (χ1v) is 8.11. The van der Waals surface area contributed by atoms with Gasteiger partial charge in [-0.05, 0) is 32.4 Å². The lowest BCUT2D eigenvalue weighted by Gasteiger charge is -2.30. The summed E-state index contributed by atoms with van der Waals surface area (Å²) in [5, 5.41) is 10.8.